The van der Waals surface area contributed by atoms with E-state index >= 15 is 0 Å². The summed E-state index contributed by atoms with van der Waals surface area (Å²) in [6, 6.07) is 10.2. The molecule has 126 valence electrons. The Morgan fingerprint density at radius 1 is 1.00 bits per heavy atom. The molecule has 3 rings (SSSR count). The molecule has 2 nitrogen and oxygen atoms in total. The maximum atomic E-state index is 14.2. The zero-order valence-electron chi connectivity index (χ0n) is 12.7. The first kappa shape index (κ1) is 17.6. The van der Waals surface area contributed by atoms with Gasteiger partial charge < -0.3 is 4.55 Å². The largest absolute Gasteiger partial charge is 0.772 e. The smallest absolute Gasteiger partial charge is 0.127 e. The highest BCUT2D eigenvalue weighted by atomic mass is 35.5. The molecular weight excluding hydrogens is 370 g/mol. The Morgan fingerprint density at radius 2 is 1.62 bits per heavy atom. The third kappa shape index (κ3) is 3.72. The summed E-state index contributed by atoms with van der Waals surface area (Å²) in [6.07, 6.45) is 2.72. The van der Waals surface area contributed by atoms with E-state index in [0.29, 0.717) is 10.0 Å². The fraction of sp³-hybridized carbons (Fsp3) is 0.222. The van der Waals surface area contributed by atoms with Crippen molar-refractivity contribution in [3.05, 3.63) is 69.0 Å². The molecule has 0 bridgehead atoms. The number of benzene rings is 2. The van der Waals surface area contributed by atoms with Crippen molar-refractivity contribution in [1.29, 1.82) is 0 Å². The van der Waals surface area contributed by atoms with Crippen LogP contribution in [0, 0.1) is 5.82 Å². The van der Waals surface area contributed by atoms with Crippen LogP contribution >= 0.6 is 23.2 Å². The van der Waals surface area contributed by atoms with Gasteiger partial charge in [0.25, 0.3) is 0 Å². The van der Waals surface area contributed by atoms with Crippen molar-refractivity contribution in [1.82, 2.24) is 0 Å². The maximum absolute atomic E-state index is 14.2. The van der Waals surface area contributed by atoms with Gasteiger partial charge in [-0.3, -0.25) is 4.21 Å². The van der Waals surface area contributed by atoms with E-state index in [1.54, 1.807) is 12.1 Å². The summed E-state index contributed by atoms with van der Waals surface area (Å²) in [7, 11) is 0. The van der Waals surface area contributed by atoms with E-state index in [1.807, 2.05) is 12.1 Å². The van der Waals surface area contributed by atoms with Gasteiger partial charge in [0.2, 0.25) is 0 Å². The van der Waals surface area contributed by atoms with Crippen molar-refractivity contribution >= 4 is 45.4 Å². The quantitative estimate of drug-likeness (QED) is 0.643. The van der Waals surface area contributed by atoms with E-state index < -0.39 is 16.9 Å². The standard InChI is InChI=1S/C18H15Cl2FO2S/c19-16-7-6-11(8-17(16)20)14-2-1-3-15(14)12-4-5-13(10-24(22)23)18(21)9-12/h4-9H,1-3,10H2,(H,22,23)/p-1. The van der Waals surface area contributed by atoms with E-state index in [1.165, 1.54) is 12.1 Å². The molecule has 0 amide bonds. The van der Waals surface area contributed by atoms with Crippen LogP contribution in [-0.2, 0) is 16.8 Å². The van der Waals surface area contributed by atoms with Gasteiger partial charge in [0.1, 0.15) is 5.82 Å². The predicted octanol–water partition coefficient (Wildman–Crippen LogP) is 5.61. The minimum Gasteiger partial charge on any atom is -0.772 e. The van der Waals surface area contributed by atoms with Crippen LogP contribution in [0.2, 0.25) is 10.0 Å². The topological polar surface area (TPSA) is 40.1 Å². The first-order valence-corrected chi connectivity index (χ1v) is 9.48. The molecule has 1 aliphatic rings. The summed E-state index contributed by atoms with van der Waals surface area (Å²) in [5, 5.41) is 0.994. The summed E-state index contributed by atoms with van der Waals surface area (Å²) < 4.78 is 35.7. The zero-order chi connectivity index (χ0) is 17.3. The van der Waals surface area contributed by atoms with Crippen LogP contribution in [0.3, 0.4) is 0 Å². The second-order valence-corrected chi connectivity index (χ2v) is 7.40. The van der Waals surface area contributed by atoms with E-state index in [2.05, 4.69) is 0 Å². The summed E-state index contributed by atoms with van der Waals surface area (Å²) in [5.41, 5.74) is 4.16. The third-order valence-corrected chi connectivity index (χ3v) is 5.45. The molecule has 0 aromatic heterocycles. The highest BCUT2D eigenvalue weighted by molar-refractivity contribution is 7.78. The highest BCUT2D eigenvalue weighted by Crippen LogP contribution is 2.41. The van der Waals surface area contributed by atoms with E-state index in [-0.39, 0.29) is 11.3 Å². The number of rotatable bonds is 4. The van der Waals surface area contributed by atoms with Crippen LogP contribution in [0.1, 0.15) is 36.0 Å². The summed E-state index contributed by atoms with van der Waals surface area (Å²) in [6.45, 7) is 0. The van der Waals surface area contributed by atoms with Crippen molar-refractivity contribution in [2.24, 2.45) is 0 Å². The SMILES string of the molecule is O=S([O-])Cc1ccc(C2=C(c3ccc(Cl)c(Cl)c3)CCC2)cc1F. The lowest BCUT2D eigenvalue weighted by Gasteiger charge is -2.12. The molecule has 0 aliphatic heterocycles. The molecule has 0 saturated heterocycles. The summed E-state index contributed by atoms with van der Waals surface area (Å²) >= 11 is 9.77. The second-order valence-electron chi connectivity index (χ2n) is 5.69. The molecule has 2 aromatic rings. The van der Waals surface area contributed by atoms with Crippen LogP contribution < -0.4 is 0 Å². The van der Waals surface area contributed by atoms with Crippen LogP contribution in [-0.4, -0.2) is 8.76 Å². The lowest BCUT2D eigenvalue weighted by molar-refractivity contribution is 0.533. The minimum atomic E-state index is -2.31. The highest BCUT2D eigenvalue weighted by Gasteiger charge is 2.19. The maximum Gasteiger partial charge on any atom is 0.127 e. The molecule has 0 N–H and O–H groups in total. The summed E-state index contributed by atoms with van der Waals surface area (Å²) in [4.78, 5) is 0. The average Bonchev–Trinajstić information content (AvgIpc) is 3.01. The lowest BCUT2D eigenvalue weighted by Crippen LogP contribution is -1.98. The molecule has 0 fully saturated rings. The van der Waals surface area contributed by atoms with Gasteiger partial charge in [0, 0.05) is 5.75 Å². The fourth-order valence-electron chi connectivity index (χ4n) is 3.04. The van der Waals surface area contributed by atoms with Gasteiger partial charge in [0.05, 0.1) is 10.0 Å². The third-order valence-electron chi connectivity index (χ3n) is 4.16. The first-order chi connectivity index (χ1) is 11.5. The Bertz CT molecular complexity index is 849. The average molecular weight is 384 g/mol. The van der Waals surface area contributed by atoms with Crippen molar-refractivity contribution in [3.63, 3.8) is 0 Å². The number of halogens is 3. The van der Waals surface area contributed by atoms with Gasteiger partial charge in [-0.15, -0.1) is 0 Å². The fourth-order valence-corrected chi connectivity index (χ4v) is 3.83. The zero-order valence-corrected chi connectivity index (χ0v) is 15.0. The molecule has 2 aromatic carbocycles. The predicted molar refractivity (Wildman–Crippen MR) is 96.2 cm³/mol. The van der Waals surface area contributed by atoms with Crippen molar-refractivity contribution in [2.45, 2.75) is 25.0 Å². The first-order valence-electron chi connectivity index (χ1n) is 7.48. The van der Waals surface area contributed by atoms with Crippen molar-refractivity contribution < 1.29 is 13.2 Å². The van der Waals surface area contributed by atoms with Crippen LogP contribution in [0.25, 0.3) is 11.1 Å². The molecule has 1 aliphatic carbocycles. The lowest BCUT2D eigenvalue weighted by atomic mass is 9.96. The molecule has 0 saturated carbocycles. The molecule has 0 radical (unpaired) electrons. The normalized spacial score (nSPS) is 15.8. The molecule has 6 heteroatoms. The Kier molecular flexibility index (Phi) is 5.40. The molecule has 0 spiro atoms. The van der Waals surface area contributed by atoms with Gasteiger partial charge >= 0.3 is 0 Å². The molecule has 1 unspecified atom stereocenters. The number of hydrogen-bond donors (Lipinski definition) is 0. The molecule has 0 heterocycles. The van der Waals surface area contributed by atoms with Crippen molar-refractivity contribution in [2.75, 3.05) is 0 Å². The van der Waals surface area contributed by atoms with Gasteiger partial charge in [-0.1, -0.05) is 52.5 Å². The van der Waals surface area contributed by atoms with Crippen LogP contribution in [0.5, 0.6) is 0 Å². The Labute approximate surface area is 152 Å². The number of hydrogen-bond acceptors (Lipinski definition) is 2. The van der Waals surface area contributed by atoms with Crippen molar-refractivity contribution in [3.8, 4) is 0 Å². The Hall–Kier alpha value is -1.20. The Morgan fingerprint density at radius 3 is 2.21 bits per heavy atom. The molecular formula is C18H14Cl2FO2S-. The van der Waals surface area contributed by atoms with Gasteiger partial charge in [-0.05, 0) is 65.3 Å². The van der Waals surface area contributed by atoms with Gasteiger partial charge in [-0.2, -0.15) is 0 Å². The van der Waals surface area contributed by atoms with Gasteiger partial charge in [-0.25, -0.2) is 4.39 Å². The van der Waals surface area contributed by atoms with E-state index in [4.69, 9.17) is 23.2 Å². The van der Waals surface area contributed by atoms with E-state index in [0.717, 1.165) is 41.5 Å². The Balaban J connectivity index is 2.01. The monoisotopic (exact) mass is 383 g/mol. The summed E-state index contributed by atoms with van der Waals surface area (Å²) in [5.74, 6) is -0.810. The van der Waals surface area contributed by atoms with E-state index in [9.17, 15) is 13.2 Å². The molecule has 1 atom stereocenters. The second kappa shape index (κ2) is 7.36. The molecule has 24 heavy (non-hydrogen) atoms. The van der Waals surface area contributed by atoms with Crippen LogP contribution in [0.4, 0.5) is 4.39 Å². The van der Waals surface area contributed by atoms with Crippen LogP contribution in [0.15, 0.2) is 36.4 Å². The van der Waals surface area contributed by atoms with Gasteiger partial charge in [0.15, 0.2) is 0 Å². The number of allylic oxidation sites excluding steroid dienone is 2. The minimum absolute atomic E-state index is 0.182.